The van der Waals surface area contributed by atoms with Crippen LogP contribution in [0.5, 0.6) is 0 Å². The molecular weight excluding hydrogens is 262 g/mol. The first-order chi connectivity index (χ1) is 9.24. The van der Waals surface area contributed by atoms with Crippen LogP contribution in [0.2, 0.25) is 0 Å². The molecule has 2 aliphatic rings. The molecule has 0 unspecified atom stereocenters. The lowest BCUT2D eigenvalue weighted by molar-refractivity contribution is 0.0763. The molecule has 104 valence electrons. The molecule has 2 heterocycles. The largest absolute Gasteiger partial charge is 0.393 e. The summed E-state index contributed by atoms with van der Waals surface area (Å²) in [6.07, 6.45) is 4.97. The van der Waals surface area contributed by atoms with E-state index in [9.17, 15) is 9.90 Å². The fourth-order valence-electron chi connectivity index (χ4n) is 2.79. The molecule has 1 aromatic heterocycles. The van der Waals surface area contributed by atoms with Gasteiger partial charge in [-0.2, -0.15) is 0 Å². The van der Waals surface area contributed by atoms with Crippen molar-refractivity contribution in [1.29, 1.82) is 0 Å². The van der Waals surface area contributed by atoms with Crippen molar-refractivity contribution in [2.24, 2.45) is 5.92 Å². The number of hydrogen-bond donors (Lipinski definition) is 3. The van der Waals surface area contributed by atoms with Gasteiger partial charge in [-0.1, -0.05) is 12.8 Å². The SMILES string of the molecule is O=C1NCCc2sc(NC[C@H]3CCCC[C@@H]3O)nc21. The van der Waals surface area contributed by atoms with Gasteiger partial charge in [-0.3, -0.25) is 4.79 Å². The molecule has 0 spiro atoms. The van der Waals surface area contributed by atoms with Crippen LogP contribution in [0.4, 0.5) is 5.13 Å². The topological polar surface area (TPSA) is 74.2 Å². The molecule has 6 heteroatoms. The molecule has 1 aliphatic heterocycles. The predicted octanol–water partition coefficient (Wildman–Crippen LogP) is 1.39. The van der Waals surface area contributed by atoms with E-state index in [2.05, 4.69) is 15.6 Å². The normalized spacial score (nSPS) is 26.7. The highest BCUT2D eigenvalue weighted by atomic mass is 32.1. The number of hydrogen-bond acceptors (Lipinski definition) is 5. The van der Waals surface area contributed by atoms with E-state index >= 15 is 0 Å². The molecule has 19 heavy (non-hydrogen) atoms. The number of thiazole rings is 1. The van der Waals surface area contributed by atoms with E-state index in [4.69, 9.17) is 0 Å². The molecular formula is C13H19N3O2S. The number of nitrogens with zero attached hydrogens (tertiary/aromatic N) is 1. The summed E-state index contributed by atoms with van der Waals surface area (Å²) in [5, 5.41) is 16.8. The van der Waals surface area contributed by atoms with Crippen LogP contribution in [0.15, 0.2) is 0 Å². The molecule has 1 aromatic rings. The minimum atomic E-state index is -0.195. The number of amides is 1. The van der Waals surface area contributed by atoms with Gasteiger partial charge in [0.05, 0.1) is 6.10 Å². The monoisotopic (exact) mass is 281 g/mol. The third kappa shape index (κ3) is 2.74. The van der Waals surface area contributed by atoms with E-state index in [1.165, 1.54) is 6.42 Å². The minimum absolute atomic E-state index is 0.0664. The number of carbonyl (C=O) groups is 1. The zero-order valence-electron chi connectivity index (χ0n) is 10.8. The lowest BCUT2D eigenvalue weighted by atomic mass is 9.86. The summed E-state index contributed by atoms with van der Waals surface area (Å²) in [4.78, 5) is 17.0. The Morgan fingerprint density at radius 3 is 3.05 bits per heavy atom. The zero-order chi connectivity index (χ0) is 13.2. The van der Waals surface area contributed by atoms with Crippen molar-refractivity contribution in [3.63, 3.8) is 0 Å². The van der Waals surface area contributed by atoms with Crippen molar-refractivity contribution < 1.29 is 9.90 Å². The maximum atomic E-state index is 11.6. The highest BCUT2D eigenvalue weighted by Gasteiger charge is 2.25. The van der Waals surface area contributed by atoms with Crippen LogP contribution in [0.1, 0.15) is 41.0 Å². The second-order valence-electron chi connectivity index (χ2n) is 5.29. The summed E-state index contributed by atoms with van der Waals surface area (Å²) in [5.74, 6) is 0.242. The Bertz CT molecular complexity index is 474. The molecule has 3 N–H and O–H groups in total. The summed E-state index contributed by atoms with van der Waals surface area (Å²) in [6, 6.07) is 0. The Hall–Kier alpha value is -1.14. The summed E-state index contributed by atoms with van der Waals surface area (Å²) >= 11 is 1.56. The number of carbonyl (C=O) groups excluding carboxylic acids is 1. The Balaban J connectivity index is 1.62. The Kier molecular flexibility index (Phi) is 3.70. The number of aromatic nitrogens is 1. The van der Waals surface area contributed by atoms with Crippen LogP contribution in [0.3, 0.4) is 0 Å². The van der Waals surface area contributed by atoms with Gasteiger partial charge in [0.2, 0.25) is 0 Å². The summed E-state index contributed by atoms with van der Waals surface area (Å²) < 4.78 is 0. The van der Waals surface area contributed by atoms with Crippen LogP contribution in [0.25, 0.3) is 0 Å². The van der Waals surface area contributed by atoms with Gasteiger partial charge in [0.15, 0.2) is 5.13 Å². The highest BCUT2D eigenvalue weighted by molar-refractivity contribution is 7.15. The van der Waals surface area contributed by atoms with Gasteiger partial charge in [0.1, 0.15) is 5.69 Å². The van der Waals surface area contributed by atoms with Gasteiger partial charge in [0, 0.05) is 30.3 Å². The second-order valence-corrected chi connectivity index (χ2v) is 6.37. The van der Waals surface area contributed by atoms with Crippen molar-refractivity contribution in [2.75, 3.05) is 18.4 Å². The fraction of sp³-hybridized carbons (Fsp3) is 0.692. The van der Waals surface area contributed by atoms with Gasteiger partial charge < -0.3 is 15.7 Å². The molecule has 3 rings (SSSR count). The number of anilines is 1. The molecule has 0 saturated heterocycles. The third-order valence-corrected chi connectivity index (χ3v) is 5.01. The number of aliphatic hydroxyl groups is 1. The van der Waals surface area contributed by atoms with Gasteiger partial charge in [-0.25, -0.2) is 4.98 Å². The number of aliphatic hydroxyl groups excluding tert-OH is 1. The number of fused-ring (bicyclic) bond motifs is 1. The minimum Gasteiger partial charge on any atom is -0.393 e. The van der Waals surface area contributed by atoms with E-state index in [0.29, 0.717) is 18.2 Å². The number of rotatable bonds is 3. The van der Waals surface area contributed by atoms with Crippen molar-refractivity contribution >= 4 is 22.4 Å². The maximum Gasteiger partial charge on any atom is 0.271 e. The Morgan fingerprint density at radius 2 is 2.26 bits per heavy atom. The van der Waals surface area contributed by atoms with E-state index in [1.54, 1.807) is 11.3 Å². The highest BCUT2D eigenvalue weighted by Crippen LogP contribution is 2.28. The molecule has 1 aliphatic carbocycles. The van der Waals surface area contributed by atoms with Gasteiger partial charge >= 0.3 is 0 Å². The van der Waals surface area contributed by atoms with E-state index in [0.717, 1.165) is 42.2 Å². The standard InChI is InChI=1S/C13H19N3O2S/c17-9-4-2-1-3-8(9)7-15-13-16-11-10(19-13)5-6-14-12(11)18/h8-9,17H,1-7H2,(H,14,18)(H,15,16)/t8-,9+/m1/s1. The first-order valence-corrected chi connectivity index (χ1v) is 7.75. The Labute approximate surface area is 116 Å². The first kappa shape index (κ1) is 12.9. The van der Waals surface area contributed by atoms with Crippen molar-refractivity contribution in [1.82, 2.24) is 10.3 Å². The smallest absolute Gasteiger partial charge is 0.271 e. The van der Waals surface area contributed by atoms with Crippen LogP contribution >= 0.6 is 11.3 Å². The average molecular weight is 281 g/mol. The summed E-state index contributed by atoms with van der Waals surface area (Å²) in [6.45, 7) is 1.45. The van der Waals surface area contributed by atoms with Crippen molar-refractivity contribution in [3.8, 4) is 0 Å². The second kappa shape index (κ2) is 5.46. The van der Waals surface area contributed by atoms with Crippen LogP contribution in [-0.4, -0.2) is 35.2 Å². The lowest BCUT2D eigenvalue weighted by Gasteiger charge is -2.27. The number of nitrogens with one attached hydrogen (secondary N) is 2. The predicted molar refractivity (Wildman–Crippen MR) is 74.6 cm³/mol. The Morgan fingerprint density at radius 1 is 1.42 bits per heavy atom. The summed E-state index contributed by atoms with van der Waals surface area (Å²) in [5.41, 5.74) is 0.572. The molecule has 0 aromatic carbocycles. The molecule has 1 amide bonds. The van der Waals surface area contributed by atoms with Gasteiger partial charge in [-0.15, -0.1) is 11.3 Å². The van der Waals surface area contributed by atoms with E-state index in [-0.39, 0.29) is 12.0 Å². The maximum absolute atomic E-state index is 11.6. The van der Waals surface area contributed by atoms with Crippen molar-refractivity contribution in [2.45, 2.75) is 38.2 Å². The molecule has 5 nitrogen and oxygen atoms in total. The van der Waals surface area contributed by atoms with E-state index in [1.807, 2.05) is 0 Å². The average Bonchev–Trinajstić information content (AvgIpc) is 2.82. The quantitative estimate of drug-likeness (QED) is 0.783. The zero-order valence-corrected chi connectivity index (χ0v) is 11.6. The fourth-order valence-corrected chi connectivity index (χ4v) is 3.76. The summed E-state index contributed by atoms with van der Waals surface area (Å²) in [7, 11) is 0. The van der Waals surface area contributed by atoms with Gasteiger partial charge in [-0.05, 0) is 12.8 Å². The van der Waals surface area contributed by atoms with Crippen molar-refractivity contribution in [3.05, 3.63) is 10.6 Å². The molecule has 1 fully saturated rings. The lowest BCUT2D eigenvalue weighted by Crippen LogP contribution is -2.31. The van der Waals surface area contributed by atoms with Crippen LogP contribution < -0.4 is 10.6 Å². The molecule has 2 atom stereocenters. The van der Waals surface area contributed by atoms with E-state index < -0.39 is 0 Å². The first-order valence-electron chi connectivity index (χ1n) is 6.94. The van der Waals surface area contributed by atoms with Gasteiger partial charge in [0.25, 0.3) is 5.91 Å². The molecule has 1 saturated carbocycles. The van der Waals surface area contributed by atoms with Crippen LogP contribution in [-0.2, 0) is 6.42 Å². The van der Waals surface area contributed by atoms with Crippen LogP contribution in [0, 0.1) is 5.92 Å². The third-order valence-electron chi connectivity index (χ3n) is 3.93. The molecule has 0 radical (unpaired) electrons. The molecule has 0 bridgehead atoms.